The molecule has 0 fully saturated rings. The second-order valence-corrected chi connectivity index (χ2v) is 9.47. The van der Waals surface area contributed by atoms with E-state index in [-0.39, 0.29) is 16.7 Å². The van der Waals surface area contributed by atoms with Gasteiger partial charge in [-0.2, -0.15) is 0 Å². The van der Waals surface area contributed by atoms with Crippen LogP contribution in [0.25, 0.3) is 0 Å². The summed E-state index contributed by atoms with van der Waals surface area (Å²) in [6, 6.07) is 22.8. The van der Waals surface area contributed by atoms with Crippen LogP contribution in [0.2, 0.25) is 5.02 Å². The molecule has 0 saturated carbocycles. The SMILES string of the molecule is Cc1cccc(C)c1Oc1ccc(N2C(=O)c3ccc(C(=O)OCC(=O)c4ccc(Cl)cc4)cc3C2=O)cc1. The number of carbonyl (C=O) groups is 4. The van der Waals surface area contributed by atoms with Crippen LogP contribution in [0.15, 0.2) is 84.9 Å². The molecule has 4 aromatic rings. The number of aryl methyl sites for hydroxylation is 2. The summed E-state index contributed by atoms with van der Waals surface area (Å²) in [6.45, 7) is 3.43. The number of Topliss-reactive ketones (excluding diaryl/α,β-unsaturated/α-hetero) is 1. The number of carbonyl (C=O) groups excluding carboxylic acids is 4. The fraction of sp³-hybridized carbons (Fsp3) is 0.0968. The van der Waals surface area contributed by atoms with E-state index in [1.54, 1.807) is 36.4 Å². The summed E-state index contributed by atoms with van der Waals surface area (Å²) in [7, 11) is 0. The lowest BCUT2D eigenvalue weighted by Gasteiger charge is -2.15. The maximum atomic E-state index is 13.2. The van der Waals surface area contributed by atoms with Crippen molar-refractivity contribution in [3.05, 3.63) is 123 Å². The van der Waals surface area contributed by atoms with Crippen LogP contribution < -0.4 is 9.64 Å². The van der Waals surface area contributed by atoms with Crippen LogP contribution in [0.5, 0.6) is 11.5 Å². The molecule has 4 aromatic carbocycles. The molecule has 1 heterocycles. The molecule has 2 amide bonds. The first-order chi connectivity index (χ1) is 18.7. The van der Waals surface area contributed by atoms with Crippen LogP contribution in [0.3, 0.4) is 0 Å². The Kier molecular flexibility index (Phi) is 7.00. The van der Waals surface area contributed by atoms with E-state index in [0.29, 0.717) is 22.0 Å². The van der Waals surface area contributed by atoms with E-state index < -0.39 is 30.2 Å². The quantitative estimate of drug-likeness (QED) is 0.149. The van der Waals surface area contributed by atoms with Crippen LogP contribution in [0, 0.1) is 13.8 Å². The molecule has 1 aliphatic rings. The molecule has 0 spiro atoms. The van der Waals surface area contributed by atoms with Crippen molar-refractivity contribution in [2.24, 2.45) is 0 Å². The Bertz CT molecular complexity index is 1610. The van der Waals surface area contributed by atoms with E-state index in [4.69, 9.17) is 21.1 Å². The van der Waals surface area contributed by atoms with Crippen molar-refractivity contribution in [1.82, 2.24) is 0 Å². The number of rotatable bonds is 7. The molecule has 1 aliphatic heterocycles. The second-order valence-electron chi connectivity index (χ2n) is 9.03. The number of anilines is 1. The lowest BCUT2D eigenvalue weighted by Crippen LogP contribution is -2.29. The number of fused-ring (bicyclic) bond motifs is 1. The molecule has 194 valence electrons. The van der Waals surface area contributed by atoms with Crippen LogP contribution in [-0.4, -0.2) is 30.2 Å². The zero-order valence-corrected chi connectivity index (χ0v) is 21.8. The third-order valence-electron chi connectivity index (χ3n) is 6.35. The van der Waals surface area contributed by atoms with Gasteiger partial charge in [-0.15, -0.1) is 0 Å². The molecule has 0 aliphatic carbocycles. The van der Waals surface area contributed by atoms with Gasteiger partial charge >= 0.3 is 5.97 Å². The normalized spacial score (nSPS) is 12.3. The highest BCUT2D eigenvalue weighted by molar-refractivity contribution is 6.34. The summed E-state index contributed by atoms with van der Waals surface area (Å²) >= 11 is 5.83. The lowest BCUT2D eigenvalue weighted by molar-refractivity contribution is 0.0474. The number of ketones is 1. The van der Waals surface area contributed by atoms with E-state index in [0.717, 1.165) is 21.8 Å². The van der Waals surface area contributed by atoms with Gasteiger partial charge in [0.05, 0.1) is 22.4 Å². The van der Waals surface area contributed by atoms with Gasteiger partial charge in [-0.05, 0) is 91.7 Å². The molecule has 39 heavy (non-hydrogen) atoms. The van der Waals surface area contributed by atoms with Crippen molar-refractivity contribution in [3.8, 4) is 11.5 Å². The first-order valence-electron chi connectivity index (χ1n) is 12.1. The van der Waals surface area contributed by atoms with E-state index in [2.05, 4.69) is 0 Å². The van der Waals surface area contributed by atoms with Crippen molar-refractivity contribution >= 4 is 40.9 Å². The minimum absolute atomic E-state index is 0.0537. The molecule has 0 unspecified atom stereocenters. The highest BCUT2D eigenvalue weighted by Gasteiger charge is 2.37. The van der Waals surface area contributed by atoms with E-state index >= 15 is 0 Å². The van der Waals surface area contributed by atoms with Crippen LogP contribution >= 0.6 is 11.6 Å². The summed E-state index contributed by atoms with van der Waals surface area (Å²) < 4.78 is 11.2. The second kappa shape index (κ2) is 10.6. The van der Waals surface area contributed by atoms with Gasteiger partial charge in [0, 0.05) is 10.6 Å². The van der Waals surface area contributed by atoms with Crippen LogP contribution in [-0.2, 0) is 4.74 Å². The molecule has 0 bridgehead atoms. The van der Waals surface area contributed by atoms with Gasteiger partial charge in [0.15, 0.2) is 12.4 Å². The number of nitrogens with zero attached hydrogens (tertiary/aromatic N) is 1. The summed E-state index contributed by atoms with van der Waals surface area (Å²) in [5.41, 5.74) is 3.00. The van der Waals surface area contributed by atoms with Crippen LogP contribution in [0.1, 0.15) is 52.6 Å². The smallest absolute Gasteiger partial charge is 0.338 e. The predicted molar refractivity (Wildman–Crippen MR) is 146 cm³/mol. The first kappa shape index (κ1) is 25.9. The number of amides is 2. The average molecular weight is 540 g/mol. The van der Waals surface area contributed by atoms with Gasteiger partial charge < -0.3 is 9.47 Å². The number of para-hydroxylation sites is 1. The number of hydrogen-bond donors (Lipinski definition) is 0. The summed E-state index contributed by atoms with van der Waals surface area (Å²) in [5, 5.41) is 0.483. The summed E-state index contributed by atoms with van der Waals surface area (Å²) in [4.78, 5) is 52.2. The van der Waals surface area contributed by atoms with Crippen molar-refractivity contribution in [3.63, 3.8) is 0 Å². The zero-order chi connectivity index (χ0) is 27.7. The Morgan fingerprint density at radius 3 is 2.05 bits per heavy atom. The van der Waals surface area contributed by atoms with Crippen molar-refractivity contribution in [1.29, 1.82) is 0 Å². The maximum Gasteiger partial charge on any atom is 0.338 e. The Morgan fingerprint density at radius 2 is 1.38 bits per heavy atom. The molecule has 5 rings (SSSR count). The fourth-order valence-electron chi connectivity index (χ4n) is 4.28. The minimum Gasteiger partial charge on any atom is -0.457 e. The highest BCUT2D eigenvalue weighted by atomic mass is 35.5. The van der Waals surface area contributed by atoms with Gasteiger partial charge in [-0.25, -0.2) is 9.69 Å². The molecule has 8 heteroatoms. The largest absolute Gasteiger partial charge is 0.457 e. The zero-order valence-electron chi connectivity index (χ0n) is 21.1. The fourth-order valence-corrected chi connectivity index (χ4v) is 4.40. The number of imide groups is 1. The topological polar surface area (TPSA) is 90.0 Å². The van der Waals surface area contributed by atoms with Crippen molar-refractivity contribution in [2.75, 3.05) is 11.5 Å². The molecular formula is C31H22ClNO6. The number of ether oxygens (including phenoxy) is 2. The number of esters is 1. The van der Waals surface area contributed by atoms with Crippen LogP contribution in [0.4, 0.5) is 5.69 Å². The van der Waals surface area contributed by atoms with E-state index in [1.165, 1.54) is 30.3 Å². The van der Waals surface area contributed by atoms with Gasteiger partial charge in [0.25, 0.3) is 11.8 Å². The Hall–Kier alpha value is -4.75. The lowest BCUT2D eigenvalue weighted by atomic mass is 10.1. The Labute approximate surface area is 229 Å². The minimum atomic E-state index is -0.785. The Morgan fingerprint density at radius 1 is 0.769 bits per heavy atom. The molecule has 0 N–H and O–H groups in total. The van der Waals surface area contributed by atoms with Gasteiger partial charge in [0.1, 0.15) is 11.5 Å². The van der Waals surface area contributed by atoms with Gasteiger partial charge in [-0.3, -0.25) is 14.4 Å². The molecule has 0 atom stereocenters. The molecule has 7 nitrogen and oxygen atoms in total. The highest BCUT2D eigenvalue weighted by Crippen LogP contribution is 2.33. The third kappa shape index (κ3) is 5.17. The first-order valence-corrected chi connectivity index (χ1v) is 12.4. The summed E-state index contributed by atoms with van der Waals surface area (Å²) in [6.07, 6.45) is 0. The van der Waals surface area contributed by atoms with E-state index in [9.17, 15) is 19.2 Å². The van der Waals surface area contributed by atoms with E-state index in [1.807, 2.05) is 32.0 Å². The maximum absolute atomic E-state index is 13.2. The number of hydrogen-bond acceptors (Lipinski definition) is 6. The number of halogens is 1. The van der Waals surface area contributed by atoms with Crippen molar-refractivity contribution < 1.29 is 28.7 Å². The van der Waals surface area contributed by atoms with Gasteiger partial charge in [-0.1, -0.05) is 29.8 Å². The molecule has 0 aromatic heterocycles. The standard InChI is InChI=1S/C31H22ClNO6/c1-18-4-3-5-19(2)28(18)39-24-13-11-23(12-14-24)33-29(35)25-15-8-21(16-26(25)30(33)36)31(37)38-17-27(34)20-6-9-22(32)10-7-20/h3-16H,17H2,1-2H3. The molecule has 0 saturated heterocycles. The monoisotopic (exact) mass is 539 g/mol. The number of benzene rings is 4. The van der Waals surface area contributed by atoms with Gasteiger partial charge in [0.2, 0.25) is 0 Å². The summed E-state index contributed by atoms with van der Waals surface area (Å²) in [5.74, 6) is -0.941. The van der Waals surface area contributed by atoms with Crippen molar-refractivity contribution in [2.45, 2.75) is 13.8 Å². The molecule has 0 radical (unpaired) electrons. The predicted octanol–water partition coefficient (Wildman–Crippen LogP) is 6.59. The Balaban J connectivity index is 1.29. The third-order valence-corrected chi connectivity index (χ3v) is 6.60. The average Bonchev–Trinajstić information content (AvgIpc) is 3.19. The molecular weight excluding hydrogens is 518 g/mol.